The molecule has 0 amide bonds. The number of phenolic OH excluding ortho intramolecular Hbond substituents is 1. The van der Waals surface area contributed by atoms with Crippen LogP contribution in [0.15, 0.2) is 77.9 Å². The average Bonchev–Trinajstić information content (AvgIpc) is 3.16. The SMILES string of the molecule is C=C(COc1ccccc1)C1=CCOC1CC/C(C)=C/c1ccc(O)cc1Cl. The van der Waals surface area contributed by atoms with Gasteiger partial charge in [-0.25, -0.2) is 0 Å². The summed E-state index contributed by atoms with van der Waals surface area (Å²) < 4.78 is 11.7. The number of rotatable bonds is 8. The molecule has 0 radical (unpaired) electrons. The number of benzene rings is 2. The van der Waals surface area contributed by atoms with E-state index in [0.29, 0.717) is 18.2 Å². The molecule has 1 heterocycles. The zero-order valence-electron chi connectivity index (χ0n) is 16.0. The lowest BCUT2D eigenvalue weighted by atomic mass is 9.97. The van der Waals surface area contributed by atoms with Crippen molar-refractivity contribution >= 4 is 17.7 Å². The number of hydrogen-bond acceptors (Lipinski definition) is 3. The maximum Gasteiger partial charge on any atom is 0.119 e. The van der Waals surface area contributed by atoms with Crippen molar-refractivity contribution in [2.24, 2.45) is 0 Å². The lowest BCUT2D eigenvalue weighted by Gasteiger charge is -2.17. The normalized spacial score (nSPS) is 16.7. The Morgan fingerprint density at radius 2 is 2.07 bits per heavy atom. The van der Waals surface area contributed by atoms with E-state index >= 15 is 0 Å². The van der Waals surface area contributed by atoms with E-state index in [0.717, 1.165) is 35.3 Å². The summed E-state index contributed by atoms with van der Waals surface area (Å²) in [4.78, 5) is 0. The number of phenols is 1. The predicted octanol–water partition coefficient (Wildman–Crippen LogP) is 6.19. The first-order chi connectivity index (χ1) is 13.5. The Morgan fingerprint density at radius 1 is 1.29 bits per heavy atom. The van der Waals surface area contributed by atoms with E-state index in [2.05, 4.69) is 19.6 Å². The average molecular weight is 397 g/mol. The third-order valence-electron chi connectivity index (χ3n) is 4.70. The molecule has 2 aromatic carbocycles. The van der Waals surface area contributed by atoms with Crippen LogP contribution < -0.4 is 4.74 Å². The van der Waals surface area contributed by atoms with Gasteiger partial charge in [0, 0.05) is 0 Å². The van der Waals surface area contributed by atoms with Crippen molar-refractivity contribution in [3.8, 4) is 11.5 Å². The first-order valence-corrected chi connectivity index (χ1v) is 9.74. The second kappa shape index (κ2) is 9.63. The lowest BCUT2D eigenvalue weighted by molar-refractivity contribution is 0.116. The van der Waals surface area contributed by atoms with Gasteiger partial charge < -0.3 is 14.6 Å². The molecular weight excluding hydrogens is 372 g/mol. The highest BCUT2D eigenvalue weighted by Crippen LogP contribution is 2.28. The molecule has 4 heteroatoms. The number of aromatic hydroxyl groups is 1. The number of allylic oxidation sites excluding steroid dienone is 1. The van der Waals surface area contributed by atoms with Crippen LogP contribution in [0, 0.1) is 0 Å². The van der Waals surface area contributed by atoms with Crippen LogP contribution in [0.1, 0.15) is 25.3 Å². The third-order valence-corrected chi connectivity index (χ3v) is 5.03. The van der Waals surface area contributed by atoms with Crippen molar-refractivity contribution in [2.45, 2.75) is 25.9 Å². The highest BCUT2D eigenvalue weighted by atomic mass is 35.5. The van der Waals surface area contributed by atoms with Gasteiger partial charge in [-0.2, -0.15) is 0 Å². The van der Waals surface area contributed by atoms with Crippen molar-refractivity contribution in [2.75, 3.05) is 13.2 Å². The minimum Gasteiger partial charge on any atom is -0.508 e. The van der Waals surface area contributed by atoms with E-state index in [-0.39, 0.29) is 11.9 Å². The molecular formula is C24H25ClO3. The first-order valence-electron chi connectivity index (χ1n) is 9.36. The van der Waals surface area contributed by atoms with Crippen molar-refractivity contribution in [1.29, 1.82) is 0 Å². The van der Waals surface area contributed by atoms with E-state index in [4.69, 9.17) is 21.1 Å². The summed E-state index contributed by atoms with van der Waals surface area (Å²) in [5, 5.41) is 10.0. The number of halogens is 1. The maximum atomic E-state index is 9.47. The van der Waals surface area contributed by atoms with Crippen molar-refractivity contribution in [1.82, 2.24) is 0 Å². The van der Waals surface area contributed by atoms with Crippen LogP contribution in [-0.4, -0.2) is 24.4 Å². The third kappa shape index (κ3) is 5.51. The van der Waals surface area contributed by atoms with Gasteiger partial charge in [0.1, 0.15) is 18.1 Å². The smallest absolute Gasteiger partial charge is 0.119 e. The Kier molecular flexibility index (Phi) is 6.96. The van der Waals surface area contributed by atoms with E-state index in [9.17, 15) is 5.11 Å². The highest BCUT2D eigenvalue weighted by molar-refractivity contribution is 6.32. The van der Waals surface area contributed by atoms with Crippen LogP contribution in [-0.2, 0) is 4.74 Å². The summed E-state index contributed by atoms with van der Waals surface area (Å²) >= 11 is 6.19. The molecule has 1 atom stereocenters. The Labute approximate surface area is 171 Å². The second-order valence-electron chi connectivity index (χ2n) is 6.92. The first kappa shape index (κ1) is 20.2. The minimum atomic E-state index is 0.0329. The Bertz CT molecular complexity index is 884. The molecule has 2 aromatic rings. The standard InChI is InChI=1S/C24H25ClO3/c1-17(14-19-9-10-20(26)15-23(19)25)8-11-24-22(12-13-27-24)18(2)16-28-21-6-4-3-5-7-21/h3-7,9-10,12,14-15,24,26H,2,8,11,13,16H2,1H3/b17-14+. The Balaban J connectivity index is 1.54. The zero-order valence-corrected chi connectivity index (χ0v) is 16.8. The predicted molar refractivity (Wildman–Crippen MR) is 115 cm³/mol. The molecule has 3 nitrogen and oxygen atoms in total. The zero-order chi connectivity index (χ0) is 19.9. The Morgan fingerprint density at radius 3 is 2.82 bits per heavy atom. The molecule has 0 saturated carbocycles. The van der Waals surface area contributed by atoms with Gasteiger partial charge in [0.2, 0.25) is 0 Å². The summed E-state index contributed by atoms with van der Waals surface area (Å²) in [5.41, 5.74) is 4.19. The molecule has 0 aliphatic carbocycles. The van der Waals surface area contributed by atoms with Gasteiger partial charge in [-0.15, -0.1) is 0 Å². The summed E-state index contributed by atoms with van der Waals surface area (Å²) in [6, 6.07) is 14.8. The van der Waals surface area contributed by atoms with Crippen LogP contribution in [0.25, 0.3) is 6.08 Å². The van der Waals surface area contributed by atoms with Crippen LogP contribution >= 0.6 is 11.6 Å². The van der Waals surface area contributed by atoms with Crippen LogP contribution in [0.5, 0.6) is 11.5 Å². The van der Waals surface area contributed by atoms with Crippen molar-refractivity contribution < 1.29 is 14.6 Å². The molecule has 0 fully saturated rings. The maximum absolute atomic E-state index is 9.47. The van der Waals surface area contributed by atoms with E-state index in [1.165, 1.54) is 5.57 Å². The van der Waals surface area contributed by atoms with E-state index in [1.54, 1.807) is 12.1 Å². The lowest BCUT2D eigenvalue weighted by Crippen LogP contribution is -2.14. The summed E-state index contributed by atoms with van der Waals surface area (Å²) in [6.07, 6.45) is 5.93. The molecule has 1 aliphatic rings. The van der Waals surface area contributed by atoms with Gasteiger partial charge in [-0.3, -0.25) is 0 Å². The van der Waals surface area contributed by atoms with Gasteiger partial charge in [-0.05, 0) is 66.8 Å². The molecule has 1 N–H and O–H groups in total. The summed E-state index contributed by atoms with van der Waals surface area (Å²) in [7, 11) is 0. The largest absolute Gasteiger partial charge is 0.508 e. The molecule has 0 aromatic heterocycles. The van der Waals surface area contributed by atoms with Gasteiger partial charge in [0.15, 0.2) is 0 Å². The number of para-hydroxylation sites is 1. The van der Waals surface area contributed by atoms with Gasteiger partial charge in [-0.1, -0.05) is 54.1 Å². The van der Waals surface area contributed by atoms with Gasteiger partial charge >= 0.3 is 0 Å². The molecule has 1 aliphatic heterocycles. The highest BCUT2D eigenvalue weighted by Gasteiger charge is 2.22. The monoisotopic (exact) mass is 396 g/mol. The number of hydrogen-bond donors (Lipinski definition) is 1. The van der Waals surface area contributed by atoms with Crippen molar-refractivity contribution in [3.63, 3.8) is 0 Å². The molecule has 0 saturated heterocycles. The second-order valence-corrected chi connectivity index (χ2v) is 7.33. The van der Waals surface area contributed by atoms with Crippen LogP contribution in [0.2, 0.25) is 5.02 Å². The fourth-order valence-electron chi connectivity index (χ4n) is 3.19. The number of ether oxygens (including phenoxy) is 2. The fraction of sp³-hybridized carbons (Fsp3) is 0.250. The quantitative estimate of drug-likeness (QED) is 0.578. The minimum absolute atomic E-state index is 0.0329. The van der Waals surface area contributed by atoms with E-state index < -0.39 is 0 Å². The van der Waals surface area contributed by atoms with Crippen LogP contribution in [0.4, 0.5) is 0 Å². The van der Waals surface area contributed by atoms with E-state index in [1.807, 2.05) is 42.5 Å². The summed E-state index contributed by atoms with van der Waals surface area (Å²) in [6.45, 7) is 7.33. The van der Waals surface area contributed by atoms with Gasteiger partial charge in [0.25, 0.3) is 0 Å². The molecule has 146 valence electrons. The fourth-order valence-corrected chi connectivity index (χ4v) is 3.42. The molecule has 0 spiro atoms. The van der Waals surface area contributed by atoms with Gasteiger partial charge in [0.05, 0.1) is 17.7 Å². The topological polar surface area (TPSA) is 38.7 Å². The molecule has 28 heavy (non-hydrogen) atoms. The molecule has 0 bridgehead atoms. The Hall–Kier alpha value is -2.49. The summed E-state index contributed by atoms with van der Waals surface area (Å²) in [5.74, 6) is 1.01. The molecule has 3 rings (SSSR count). The molecule has 1 unspecified atom stereocenters. The van der Waals surface area contributed by atoms with Crippen molar-refractivity contribution in [3.05, 3.63) is 88.5 Å². The van der Waals surface area contributed by atoms with Crippen LogP contribution in [0.3, 0.4) is 0 Å².